The van der Waals surface area contributed by atoms with Gasteiger partial charge < -0.3 is 10.8 Å². The molecular weight excluding hydrogens is 225 g/mol. The molecule has 0 saturated heterocycles. The highest BCUT2D eigenvalue weighted by Crippen LogP contribution is 2.32. The van der Waals surface area contributed by atoms with Crippen LogP contribution in [0.25, 0.3) is 10.4 Å². The van der Waals surface area contributed by atoms with Gasteiger partial charge in [-0.3, -0.25) is 0 Å². The molecule has 0 radical (unpaired) electrons. The van der Waals surface area contributed by atoms with Crippen LogP contribution >= 0.6 is 11.3 Å². The van der Waals surface area contributed by atoms with Gasteiger partial charge in [-0.2, -0.15) is 0 Å². The zero-order chi connectivity index (χ0) is 11.5. The predicted octanol–water partition coefficient (Wildman–Crippen LogP) is 2.55. The monoisotopic (exact) mass is 237 g/mol. The molecule has 1 atom stereocenters. The van der Waals surface area contributed by atoms with Gasteiger partial charge in [-0.1, -0.05) is 18.2 Å². The van der Waals surface area contributed by atoms with Gasteiger partial charge in [-0.25, -0.2) is 4.39 Å². The van der Waals surface area contributed by atoms with Crippen LogP contribution in [-0.2, 0) is 0 Å². The van der Waals surface area contributed by atoms with Gasteiger partial charge in [0, 0.05) is 21.9 Å². The second kappa shape index (κ2) is 4.74. The minimum Gasteiger partial charge on any atom is -0.386 e. The lowest BCUT2D eigenvalue weighted by Crippen LogP contribution is -2.09. The third kappa shape index (κ3) is 2.14. The molecule has 0 aliphatic carbocycles. The topological polar surface area (TPSA) is 46.2 Å². The highest BCUT2D eigenvalue weighted by Gasteiger charge is 2.11. The minimum atomic E-state index is -0.662. The Morgan fingerprint density at radius 3 is 2.69 bits per heavy atom. The summed E-state index contributed by atoms with van der Waals surface area (Å²) >= 11 is 1.36. The Kier molecular flexibility index (Phi) is 3.33. The van der Waals surface area contributed by atoms with Gasteiger partial charge in [-0.05, 0) is 18.2 Å². The molecule has 1 unspecified atom stereocenters. The molecule has 0 saturated carbocycles. The van der Waals surface area contributed by atoms with E-state index in [1.807, 2.05) is 0 Å². The zero-order valence-corrected chi connectivity index (χ0v) is 9.38. The molecule has 0 fully saturated rings. The largest absolute Gasteiger partial charge is 0.386 e. The molecule has 0 amide bonds. The molecule has 1 aromatic carbocycles. The maximum atomic E-state index is 13.5. The summed E-state index contributed by atoms with van der Waals surface area (Å²) in [5.74, 6) is -0.252. The maximum Gasteiger partial charge on any atom is 0.131 e. The number of hydrogen-bond acceptors (Lipinski definition) is 3. The van der Waals surface area contributed by atoms with E-state index in [4.69, 9.17) is 5.73 Å². The van der Waals surface area contributed by atoms with Crippen molar-refractivity contribution < 1.29 is 9.50 Å². The third-order valence-corrected chi connectivity index (χ3v) is 3.54. The lowest BCUT2D eigenvalue weighted by molar-refractivity contribution is 0.190. The molecular formula is C12H12FNOS. The van der Waals surface area contributed by atoms with Crippen LogP contribution in [0, 0.1) is 5.82 Å². The average Bonchev–Trinajstić information content (AvgIpc) is 2.78. The Hall–Kier alpha value is -1.23. The highest BCUT2D eigenvalue weighted by atomic mass is 32.1. The molecule has 0 spiro atoms. The Labute approximate surface area is 97.2 Å². The SMILES string of the molecule is NCC(O)c1ccc(-c2ccccc2F)s1. The highest BCUT2D eigenvalue weighted by molar-refractivity contribution is 7.15. The maximum absolute atomic E-state index is 13.5. The predicted molar refractivity (Wildman–Crippen MR) is 63.7 cm³/mol. The molecule has 3 N–H and O–H groups in total. The molecule has 1 aromatic heterocycles. The molecule has 84 valence electrons. The summed E-state index contributed by atoms with van der Waals surface area (Å²) in [6.07, 6.45) is -0.662. The number of thiophene rings is 1. The second-order valence-corrected chi connectivity index (χ2v) is 4.55. The van der Waals surface area contributed by atoms with Crippen molar-refractivity contribution in [2.24, 2.45) is 5.73 Å². The number of nitrogens with two attached hydrogens (primary N) is 1. The summed E-state index contributed by atoms with van der Waals surface area (Å²) in [6.45, 7) is 0.178. The van der Waals surface area contributed by atoms with E-state index < -0.39 is 6.10 Å². The van der Waals surface area contributed by atoms with E-state index in [-0.39, 0.29) is 12.4 Å². The first kappa shape index (κ1) is 11.3. The summed E-state index contributed by atoms with van der Waals surface area (Å²) in [5, 5.41) is 9.55. The molecule has 0 bridgehead atoms. The molecule has 16 heavy (non-hydrogen) atoms. The Bertz CT molecular complexity index is 483. The number of aliphatic hydroxyl groups excluding tert-OH is 1. The van der Waals surface area contributed by atoms with E-state index in [9.17, 15) is 9.50 Å². The van der Waals surface area contributed by atoms with Crippen LogP contribution in [0.1, 0.15) is 11.0 Å². The lowest BCUT2D eigenvalue weighted by Gasteiger charge is -2.03. The Morgan fingerprint density at radius 2 is 2.00 bits per heavy atom. The van der Waals surface area contributed by atoms with Gasteiger partial charge >= 0.3 is 0 Å². The molecule has 0 aliphatic heterocycles. The van der Waals surface area contributed by atoms with Crippen molar-refractivity contribution in [3.63, 3.8) is 0 Å². The molecule has 4 heteroatoms. The van der Waals surface area contributed by atoms with E-state index in [1.54, 1.807) is 30.3 Å². The summed E-state index contributed by atoms with van der Waals surface area (Å²) < 4.78 is 13.5. The second-order valence-electron chi connectivity index (χ2n) is 3.43. The fourth-order valence-corrected chi connectivity index (χ4v) is 2.49. The van der Waals surface area contributed by atoms with Crippen LogP contribution in [0.15, 0.2) is 36.4 Å². The first-order valence-electron chi connectivity index (χ1n) is 4.95. The van der Waals surface area contributed by atoms with Crippen LogP contribution in [-0.4, -0.2) is 11.7 Å². The number of rotatable bonds is 3. The van der Waals surface area contributed by atoms with Crippen LogP contribution in [0.3, 0.4) is 0 Å². The number of aliphatic hydroxyl groups is 1. The number of hydrogen-bond donors (Lipinski definition) is 2. The Balaban J connectivity index is 2.35. The normalized spacial score (nSPS) is 12.7. The first-order valence-corrected chi connectivity index (χ1v) is 5.77. The van der Waals surface area contributed by atoms with E-state index in [1.165, 1.54) is 17.4 Å². The molecule has 0 aliphatic rings. The van der Waals surface area contributed by atoms with Crippen molar-refractivity contribution in [3.8, 4) is 10.4 Å². The summed E-state index contributed by atoms with van der Waals surface area (Å²) in [6, 6.07) is 10.2. The van der Waals surface area contributed by atoms with Gasteiger partial charge in [0.05, 0.1) is 0 Å². The summed E-state index contributed by atoms with van der Waals surface area (Å²) in [5.41, 5.74) is 5.92. The third-order valence-electron chi connectivity index (χ3n) is 2.32. The van der Waals surface area contributed by atoms with E-state index in [2.05, 4.69) is 0 Å². The van der Waals surface area contributed by atoms with Crippen molar-refractivity contribution in [1.82, 2.24) is 0 Å². The van der Waals surface area contributed by atoms with Crippen molar-refractivity contribution >= 4 is 11.3 Å². The smallest absolute Gasteiger partial charge is 0.131 e. The fraction of sp³-hybridized carbons (Fsp3) is 0.167. The van der Waals surface area contributed by atoms with Gasteiger partial charge in [0.15, 0.2) is 0 Å². The van der Waals surface area contributed by atoms with Crippen molar-refractivity contribution in [2.45, 2.75) is 6.10 Å². The molecule has 2 nitrogen and oxygen atoms in total. The lowest BCUT2D eigenvalue weighted by atomic mass is 10.2. The van der Waals surface area contributed by atoms with Crippen LogP contribution in [0.4, 0.5) is 4.39 Å². The van der Waals surface area contributed by atoms with Crippen molar-refractivity contribution in [2.75, 3.05) is 6.54 Å². The van der Waals surface area contributed by atoms with E-state index in [0.29, 0.717) is 5.56 Å². The van der Waals surface area contributed by atoms with Crippen LogP contribution in [0.5, 0.6) is 0 Å². The van der Waals surface area contributed by atoms with E-state index >= 15 is 0 Å². The van der Waals surface area contributed by atoms with Crippen LogP contribution in [0.2, 0.25) is 0 Å². The zero-order valence-electron chi connectivity index (χ0n) is 8.56. The van der Waals surface area contributed by atoms with Gasteiger partial charge in [0.2, 0.25) is 0 Å². The molecule has 1 heterocycles. The summed E-state index contributed by atoms with van der Waals surface area (Å²) in [7, 11) is 0. The quantitative estimate of drug-likeness (QED) is 0.861. The van der Waals surface area contributed by atoms with Crippen molar-refractivity contribution in [1.29, 1.82) is 0 Å². The van der Waals surface area contributed by atoms with Gasteiger partial charge in [-0.15, -0.1) is 11.3 Å². The Morgan fingerprint density at radius 1 is 1.25 bits per heavy atom. The van der Waals surface area contributed by atoms with E-state index in [0.717, 1.165) is 9.75 Å². The van der Waals surface area contributed by atoms with Gasteiger partial charge in [0.25, 0.3) is 0 Å². The minimum absolute atomic E-state index is 0.178. The molecule has 2 aromatic rings. The van der Waals surface area contributed by atoms with Gasteiger partial charge in [0.1, 0.15) is 11.9 Å². The fourth-order valence-electron chi connectivity index (χ4n) is 1.45. The number of benzene rings is 1. The molecule has 2 rings (SSSR count). The van der Waals surface area contributed by atoms with Crippen molar-refractivity contribution in [3.05, 3.63) is 47.1 Å². The summed E-state index contributed by atoms with van der Waals surface area (Å²) in [4.78, 5) is 1.57. The van der Waals surface area contributed by atoms with Crippen LogP contribution < -0.4 is 5.73 Å². The number of halogens is 1. The first-order chi connectivity index (χ1) is 7.72. The standard InChI is InChI=1S/C12H12FNOS/c13-9-4-2-1-3-8(9)11-5-6-12(16-11)10(15)7-14/h1-6,10,15H,7,14H2. The average molecular weight is 237 g/mol.